The summed E-state index contributed by atoms with van der Waals surface area (Å²) in [4.78, 5) is 7.86. The van der Waals surface area contributed by atoms with E-state index in [4.69, 9.17) is 0 Å². The minimum absolute atomic E-state index is 0.779. The molecule has 0 fully saturated rings. The van der Waals surface area contributed by atoms with E-state index in [1.165, 1.54) is 16.3 Å². The van der Waals surface area contributed by atoms with Gasteiger partial charge in [-0.15, -0.1) is 0 Å². The van der Waals surface area contributed by atoms with E-state index in [2.05, 4.69) is 51.7 Å². The number of hydrogen-bond donors (Lipinski definition) is 2. The highest BCUT2D eigenvalue weighted by Crippen LogP contribution is 2.26. The number of para-hydroxylation sites is 1. The first-order valence-electron chi connectivity index (χ1n) is 7.04. The molecular formula is C18H15N3. The molecule has 2 aromatic carbocycles. The summed E-state index contributed by atoms with van der Waals surface area (Å²) in [5.74, 6) is 0.899. The quantitative estimate of drug-likeness (QED) is 0.583. The Morgan fingerprint density at radius 2 is 1.67 bits per heavy atom. The van der Waals surface area contributed by atoms with Crippen LogP contribution in [0.2, 0.25) is 0 Å². The molecule has 0 atom stereocenters. The monoisotopic (exact) mass is 273 g/mol. The van der Waals surface area contributed by atoms with Crippen LogP contribution in [0.15, 0.2) is 66.9 Å². The molecule has 0 radical (unpaired) electrons. The molecule has 21 heavy (non-hydrogen) atoms. The van der Waals surface area contributed by atoms with Gasteiger partial charge in [-0.3, -0.25) is 0 Å². The van der Waals surface area contributed by atoms with E-state index in [9.17, 15) is 0 Å². The summed E-state index contributed by atoms with van der Waals surface area (Å²) >= 11 is 0. The first kappa shape index (κ1) is 12.0. The number of rotatable bonds is 3. The molecule has 0 aliphatic rings. The lowest BCUT2D eigenvalue weighted by Gasteiger charge is -2.05. The third kappa shape index (κ3) is 2.23. The zero-order valence-electron chi connectivity index (χ0n) is 11.5. The van der Waals surface area contributed by atoms with Crippen LogP contribution >= 0.6 is 0 Å². The van der Waals surface area contributed by atoms with Gasteiger partial charge >= 0.3 is 0 Å². The largest absolute Gasteiger partial charge is 0.366 e. The Bertz CT molecular complexity index is 894. The van der Waals surface area contributed by atoms with Gasteiger partial charge in [0.2, 0.25) is 0 Å². The van der Waals surface area contributed by atoms with Crippen molar-refractivity contribution in [3.63, 3.8) is 0 Å². The van der Waals surface area contributed by atoms with Crippen LogP contribution in [-0.2, 0) is 6.54 Å². The number of hydrogen-bond acceptors (Lipinski definition) is 2. The van der Waals surface area contributed by atoms with Crippen LogP contribution in [0, 0.1) is 0 Å². The number of benzene rings is 2. The van der Waals surface area contributed by atoms with Crippen molar-refractivity contribution < 1.29 is 0 Å². The Hall–Kier alpha value is -2.81. The number of nitrogens with zero attached hydrogens (tertiary/aromatic N) is 1. The Morgan fingerprint density at radius 1 is 0.857 bits per heavy atom. The van der Waals surface area contributed by atoms with Gasteiger partial charge in [0.1, 0.15) is 5.82 Å². The van der Waals surface area contributed by atoms with E-state index in [0.29, 0.717) is 0 Å². The van der Waals surface area contributed by atoms with Crippen LogP contribution in [-0.4, -0.2) is 9.97 Å². The van der Waals surface area contributed by atoms with E-state index in [0.717, 1.165) is 23.4 Å². The highest BCUT2D eigenvalue weighted by Gasteiger charge is 2.05. The fourth-order valence-electron chi connectivity index (χ4n) is 2.64. The molecule has 0 aliphatic carbocycles. The average Bonchev–Trinajstić information content (AvgIpc) is 2.92. The maximum atomic E-state index is 4.47. The summed E-state index contributed by atoms with van der Waals surface area (Å²) in [5.41, 5.74) is 3.47. The van der Waals surface area contributed by atoms with Crippen LogP contribution in [0.25, 0.3) is 21.8 Å². The molecule has 2 aromatic heterocycles. The summed E-state index contributed by atoms with van der Waals surface area (Å²) in [6, 6.07) is 20.8. The van der Waals surface area contributed by atoms with Gasteiger partial charge in [-0.1, -0.05) is 48.5 Å². The molecule has 2 N–H and O–H groups in total. The van der Waals surface area contributed by atoms with Crippen LogP contribution in [0.4, 0.5) is 5.82 Å². The third-order valence-corrected chi connectivity index (χ3v) is 3.71. The molecule has 0 spiro atoms. The van der Waals surface area contributed by atoms with Crippen molar-refractivity contribution in [2.75, 3.05) is 5.32 Å². The average molecular weight is 273 g/mol. The standard InChI is InChI=1S/C18H15N3/c1-2-6-13(7-3-1)11-19-18-10-15-14-8-4-5-9-16(14)21-17(15)12-20-18/h1-10,12,21H,11H2,(H,19,20). The maximum Gasteiger partial charge on any atom is 0.126 e. The fraction of sp³-hybridized carbons (Fsp3) is 0.0556. The first-order valence-corrected chi connectivity index (χ1v) is 7.04. The summed E-state index contributed by atoms with van der Waals surface area (Å²) in [6.45, 7) is 0.779. The number of pyridine rings is 1. The van der Waals surface area contributed by atoms with Crippen molar-refractivity contribution >= 4 is 27.6 Å². The van der Waals surface area contributed by atoms with Gasteiger partial charge in [0.25, 0.3) is 0 Å². The lowest BCUT2D eigenvalue weighted by atomic mass is 10.2. The van der Waals surface area contributed by atoms with Gasteiger partial charge < -0.3 is 10.3 Å². The topological polar surface area (TPSA) is 40.7 Å². The number of anilines is 1. The zero-order chi connectivity index (χ0) is 14.1. The van der Waals surface area contributed by atoms with Crippen molar-refractivity contribution in [3.8, 4) is 0 Å². The molecule has 0 saturated heterocycles. The van der Waals surface area contributed by atoms with Crippen LogP contribution in [0.5, 0.6) is 0 Å². The van der Waals surface area contributed by atoms with Crippen LogP contribution in [0.1, 0.15) is 5.56 Å². The summed E-state index contributed by atoms with van der Waals surface area (Å²) in [5, 5.41) is 5.82. The highest BCUT2D eigenvalue weighted by atomic mass is 15.0. The van der Waals surface area contributed by atoms with Gasteiger partial charge in [-0.2, -0.15) is 0 Å². The molecule has 3 nitrogen and oxygen atoms in total. The smallest absolute Gasteiger partial charge is 0.126 e. The molecule has 3 heteroatoms. The molecule has 4 rings (SSSR count). The number of nitrogens with one attached hydrogen (secondary N) is 2. The van der Waals surface area contributed by atoms with Crippen LogP contribution < -0.4 is 5.32 Å². The van der Waals surface area contributed by atoms with Crippen molar-refractivity contribution in [2.24, 2.45) is 0 Å². The Morgan fingerprint density at radius 3 is 2.57 bits per heavy atom. The lowest BCUT2D eigenvalue weighted by molar-refractivity contribution is 1.12. The van der Waals surface area contributed by atoms with Gasteiger partial charge in [0.15, 0.2) is 0 Å². The molecule has 2 heterocycles. The van der Waals surface area contributed by atoms with Gasteiger partial charge in [-0.25, -0.2) is 4.98 Å². The Labute approximate surface area is 122 Å². The predicted octanol–water partition coefficient (Wildman–Crippen LogP) is 4.33. The Kier molecular flexibility index (Phi) is 2.82. The van der Waals surface area contributed by atoms with Crippen molar-refractivity contribution in [1.29, 1.82) is 0 Å². The predicted molar refractivity (Wildman–Crippen MR) is 87.4 cm³/mol. The summed E-state index contributed by atoms with van der Waals surface area (Å²) in [6.07, 6.45) is 1.89. The maximum absolute atomic E-state index is 4.47. The van der Waals surface area contributed by atoms with E-state index < -0.39 is 0 Å². The van der Waals surface area contributed by atoms with E-state index in [-0.39, 0.29) is 0 Å². The number of aromatic amines is 1. The number of fused-ring (bicyclic) bond motifs is 3. The van der Waals surface area contributed by atoms with Gasteiger partial charge in [0, 0.05) is 22.8 Å². The first-order chi connectivity index (χ1) is 10.4. The van der Waals surface area contributed by atoms with E-state index in [1.807, 2.05) is 30.5 Å². The number of H-pyrrole nitrogens is 1. The highest BCUT2D eigenvalue weighted by molar-refractivity contribution is 6.07. The molecule has 0 amide bonds. The SMILES string of the molecule is c1ccc(CNc2cc3c(cn2)[nH]c2ccccc23)cc1. The molecule has 0 aliphatic heterocycles. The van der Waals surface area contributed by atoms with E-state index >= 15 is 0 Å². The Balaban J connectivity index is 1.68. The second-order valence-electron chi connectivity index (χ2n) is 5.12. The van der Waals surface area contributed by atoms with E-state index in [1.54, 1.807) is 0 Å². The minimum atomic E-state index is 0.779. The molecule has 0 saturated carbocycles. The molecule has 4 aromatic rings. The second-order valence-corrected chi connectivity index (χ2v) is 5.12. The normalized spacial score (nSPS) is 11.0. The number of aromatic nitrogens is 2. The molecule has 0 unspecified atom stereocenters. The van der Waals surface area contributed by atoms with Crippen molar-refractivity contribution in [1.82, 2.24) is 9.97 Å². The second kappa shape index (κ2) is 4.94. The fourth-order valence-corrected chi connectivity index (χ4v) is 2.64. The zero-order valence-corrected chi connectivity index (χ0v) is 11.5. The summed E-state index contributed by atoms with van der Waals surface area (Å²) in [7, 11) is 0. The lowest BCUT2D eigenvalue weighted by Crippen LogP contribution is -2.00. The third-order valence-electron chi connectivity index (χ3n) is 3.71. The molecule has 102 valence electrons. The van der Waals surface area contributed by atoms with Gasteiger partial charge in [0.05, 0.1) is 11.7 Å². The van der Waals surface area contributed by atoms with Gasteiger partial charge in [-0.05, 0) is 17.7 Å². The van der Waals surface area contributed by atoms with Crippen molar-refractivity contribution in [3.05, 3.63) is 72.4 Å². The molecular weight excluding hydrogens is 258 g/mol. The van der Waals surface area contributed by atoms with Crippen LogP contribution in [0.3, 0.4) is 0 Å². The van der Waals surface area contributed by atoms with Crippen molar-refractivity contribution in [2.45, 2.75) is 6.54 Å². The molecule has 0 bridgehead atoms. The minimum Gasteiger partial charge on any atom is -0.366 e. The summed E-state index contributed by atoms with van der Waals surface area (Å²) < 4.78 is 0.